The lowest BCUT2D eigenvalue weighted by atomic mass is 9.95. The smallest absolute Gasteiger partial charge is 0.0660 e. The zero-order chi connectivity index (χ0) is 12.3. The van der Waals surface area contributed by atoms with Crippen LogP contribution >= 0.6 is 11.6 Å². The molecular weight excluding hydrogens is 232 g/mol. The molecule has 0 atom stereocenters. The highest BCUT2D eigenvalue weighted by Crippen LogP contribution is 2.32. The molecule has 0 saturated heterocycles. The van der Waals surface area contributed by atoms with E-state index >= 15 is 0 Å². The van der Waals surface area contributed by atoms with Crippen molar-refractivity contribution in [3.05, 3.63) is 22.7 Å². The first-order valence-corrected chi connectivity index (χ1v) is 6.93. The van der Waals surface area contributed by atoms with Gasteiger partial charge in [-0.3, -0.25) is 0 Å². The fraction of sp³-hybridized carbons (Fsp3) is 0.571. The van der Waals surface area contributed by atoms with Crippen LogP contribution in [0.25, 0.3) is 0 Å². The van der Waals surface area contributed by atoms with Crippen LogP contribution in [0.2, 0.25) is 5.02 Å². The van der Waals surface area contributed by atoms with Crippen molar-refractivity contribution in [2.45, 2.75) is 51.5 Å². The lowest BCUT2D eigenvalue weighted by Crippen LogP contribution is -2.23. The number of hydrogen-bond acceptors (Lipinski definition) is 2. The van der Waals surface area contributed by atoms with Crippen LogP contribution < -0.4 is 11.1 Å². The van der Waals surface area contributed by atoms with E-state index in [0.29, 0.717) is 6.04 Å². The van der Waals surface area contributed by atoms with Gasteiger partial charge in [-0.1, -0.05) is 37.8 Å². The number of hydrogen-bond donors (Lipinski definition) is 2. The molecule has 0 aromatic heterocycles. The van der Waals surface area contributed by atoms with Gasteiger partial charge < -0.3 is 11.1 Å². The van der Waals surface area contributed by atoms with Crippen molar-refractivity contribution in [3.63, 3.8) is 0 Å². The van der Waals surface area contributed by atoms with E-state index in [0.717, 1.165) is 22.8 Å². The first-order chi connectivity index (χ1) is 8.20. The highest BCUT2D eigenvalue weighted by Gasteiger charge is 2.16. The Labute approximate surface area is 109 Å². The third kappa shape index (κ3) is 3.06. The Balaban J connectivity index is 2.18. The van der Waals surface area contributed by atoms with Crippen molar-refractivity contribution >= 4 is 23.0 Å². The fourth-order valence-electron chi connectivity index (χ4n) is 2.58. The third-order valence-corrected chi connectivity index (χ3v) is 3.83. The minimum atomic E-state index is 0.579. The van der Waals surface area contributed by atoms with E-state index in [1.54, 1.807) is 0 Å². The van der Waals surface area contributed by atoms with Crippen molar-refractivity contribution in [2.24, 2.45) is 0 Å². The lowest BCUT2D eigenvalue weighted by Gasteiger charge is -2.26. The minimum absolute atomic E-state index is 0.579. The van der Waals surface area contributed by atoms with E-state index in [9.17, 15) is 0 Å². The van der Waals surface area contributed by atoms with E-state index in [1.165, 1.54) is 37.7 Å². The lowest BCUT2D eigenvalue weighted by molar-refractivity contribution is 0.462. The Hall–Kier alpha value is -0.890. The quantitative estimate of drug-likeness (QED) is 0.790. The molecule has 0 radical (unpaired) electrons. The molecule has 0 spiro atoms. The van der Waals surface area contributed by atoms with Gasteiger partial charge in [0.2, 0.25) is 0 Å². The van der Waals surface area contributed by atoms with Crippen molar-refractivity contribution in [3.8, 4) is 0 Å². The summed E-state index contributed by atoms with van der Waals surface area (Å²) in [4.78, 5) is 0. The summed E-state index contributed by atoms with van der Waals surface area (Å²) in [7, 11) is 0. The van der Waals surface area contributed by atoms with Gasteiger partial charge in [0.1, 0.15) is 0 Å². The van der Waals surface area contributed by atoms with Gasteiger partial charge in [0, 0.05) is 11.7 Å². The maximum absolute atomic E-state index is 6.29. The van der Waals surface area contributed by atoms with Gasteiger partial charge in [0.25, 0.3) is 0 Å². The van der Waals surface area contributed by atoms with Gasteiger partial charge >= 0.3 is 0 Å². The average Bonchev–Trinajstić information content (AvgIpc) is 2.33. The minimum Gasteiger partial charge on any atom is -0.399 e. The number of halogens is 1. The molecule has 1 aliphatic rings. The third-order valence-electron chi connectivity index (χ3n) is 3.53. The van der Waals surface area contributed by atoms with Crippen molar-refractivity contribution in [1.29, 1.82) is 0 Å². The van der Waals surface area contributed by atoms with Gasteiger partial charge in [-0.25, -0.2) is 0 Å². The van der Waals surface area contributed by atoms with Crippen LogP contribution in [-0.2, 0) is 6.42 Å². The average molecular weight is 253 g/mol. The van der Waals surface area contributed by atoms with Crippen LogP contribution in [0.3, 0.4) is 0 Å². The standard InChI is InChI=1S/C14H21ClN2/c1-2-10-8-11(16)9-13(15)14(10)17-12-6-4-3-5-7-12/h8-9,12,17H,2-7,16H2,1H3. The first-order valence-electron chi connectivity index (χ1n) is 6.55. The maximum Gasteiger partial charge on any atom is 0.0660 e. The molecular formula is C14H21ClN2. The number of nitrogen functional groups attached to an aromatic ring is 1. The van der Waals surface area contributed by atoms with Gasteiger partial charge in [0.05, 0.1) is 10.7 Å². The normalized spacial score (nSPS) is 17.1. The highest BCUT2D eigenvalue weighted by atomic mass is 35.5. The molecule has 3 N–H and O–H groups in total. The predicted molar refractivity (Wildman–Crippen MR) is 75.7 cm³/mol. The van der Waals surface area contributed by atoms with Gasteiger partial charge in [0.15, 0.2) is 0 Å². The molecule has 0 heterocycles. The van der Waals surface area contributed by atoms with Crippen LogP contribution in [0, 0.1) is 0 Å². The Morgan fingerprint density at radius 3 is 2.65 bits per heavy atom. The molecule has 0 aliphatic heterocycles. The van der Waals surface area contributed by atoms with Crippen LogP contribution in [0.4, 0.5) is 11.4 Å². The second-order valence-corrected chi connectivity index (χ2v) is 5.28. The zero-order valence-corrected chi connectivity index (χ0v) is 11.2. The van der Waals surface area contributed by atoms with E-state index in [4.69, 9.17) is 17.3 Å². The Bertz CT molecular complexity index is 384. The van der Waals surface area contributed by atoms with Crippen molar-refractivity contribution < 1.29 is 0 Å². The number of nitrogens with one attached hydrogen (secondary N) is 1. The van der Waals surface area contributed by atoms with E-state index in [1.807, 2.05) is 12.1 Å². The maximum atomic E-state index is 6.29. The molecule has 3 heteroatoms. The molecule has 17 heavy (non-hydrogen) atoms. The zero-order valence-electron chi connectivity index (χ0n) is 10.4. The summed E-state index contributed by atoms with van der Waals surface area (Å²) in [6.45, 7) is 2.14. The largest absolute Gasteiger partial charge is 0.399 e. The summed E-state index contributed by atoms with van der Waals surface area (Å²) >= 11 is 6.29. The molecule has 2 nitrogen and oxygen atoms in total. The van der Waals surface area contributed by atoms with Crippen LogP contribution in [0.5, 0.6) is 0 Å². The number of benzene rings is 1. The van der Waals surface area contributed by atoms with Crippen LogP contribution in [-0.4, -0.2) is 6.04 Å². The summed E-state index contributed by atoms with van der Waals surface area (Å²) in [5, 5.41) is 4.37. The predicted octanol–water partition coefficient (Wildman–Crippen LogP) is 4.23. The van der Waals surface area contributed by atoms with Crippen LogP contribution in [0.15, 0.2) is 12.1 Å². The number of aryl methyl sites for hydroxylation is 1. The molecule has 94 valence electrons. The molecule has 2 rings (SSSR count). The molecule has 0 amide bonds. The molecule has 1 aliphatic carbocycles. The van der Waals surface area contributed by atoms with Gasteiger partial charge in [-0.05, 0) is 37.0 Å². The fourth-order valence-corrected chi connectivity index (χ4v) is 2.88. The molecule has 1 fully saturated rings. The van der Waals surface area contributed by atoms with E-state index in [2.05, 4.69) is 12.2 Å². The van der Waals surface area contributed by atoms with Crippen LogP contribution in [0.1, 0.15) is 44.6 Å². The second-order valence-electron chi connectivity index (χ2n) is 4.87. The number of nitrogens with two attached hydrogens (primary N) is 1. The molecule has 1 saturated carbocycles. The highest BCUT2D eigenvalue weighted by molar-refractivity contribution is 6.33. The summed E-state index contributed by atoms with van der Waals surface area (Å²) < 4.78 is 0. The summed E-state index contributed by atoms with van der Waals surface area (Å²) in [6, 6.07) is 4.44. The summed E-state index contributed by atoms with van der Waals surface area (Å²) in [6.07, 6.45) is 7.49. The topological polar surface area (TPSA) is 38.0 Å². The Morgan fingerprint density at radius 2 is 2.00 bits per heavy atom. The monoisotopic (exact) mass is 252 g/mol. The van der Waals surface area contributed by atoms with E-state index in [-0.39, 0.29) is 0 Å². The second kappa shape index (κ2) is 5.63. The van der Waals surface area contributed by atoms with Crippen molar-refractivity contribution in [1.82, 2.24) is 0 Å². The summed E-state index contributed by atoms with van der Waals surface area (Å²) in [5.41, 5.74) is 8.89. The first kappa shape index (κ1) is 12.6. The molecule has 1 aromatic carbocycles. The Morgan fingerprint density at radius 1 is 1.29 bits per heavy atom. The number of rotatable bonds is 3. The van der Waals surface area contributed by atoms with Crippen molar-refractivity contribution in [2.75, 3.05) is 11.1 Å². The molecule has 0 unspecified atom stereocenters. The molecule has 1 aromatic rings. The number of anilines is 2. The summed E-state index contributed by atoms with van der Waals surface area (Å²) in [5.74, 6) is 0. The van der Waals surface area contributed by atoms with Gasteiger partial charge in [-0.2, -0.15) is 0 Å². The molecule has 0 bridgehead atoms. The Kier molecular flexibility index (Phi) is 4.16. The SMILES string of the molecule is CCc1cc(N)cc(Cl)c1NC1CCCCC1. The van der Waals surface area contributed by atoms with Gasteiger partial charge in [-0.15, -0.1) is 0 Å². The van der Waals surface area contributed by atoms with E-state index < -0.39 is 0 Å².